The SMILES string of the molecule is CCN(CC(=O)O)C1CC(NC(=O)N(CCOC)C(C)c2ccccc2)C1. The Morgan fingerprint density at radius 3 is 2.52 bits per heavy atom. The molecule has 1 aromatic carbocycles. The first-order valence-electron chi connectivity index (χ1n) is 9.53. The van der Waals surface area contributed by atoms with Gasteiger partial charge in [-0.1, -0.05) is 37.3 Å². The number of nitrogens with one attached hydrogen (secondary N) is 1. The van der Waals surface area contributed by atoms with Gasteiger partial charge in [-0.25, -0.2) is 4.79 Å². The van der Waals surface area contributed by atoms with Crippen LogP contribution in [-0.2, 0) is 9.53 Å². The molecule has 0 saturated heterocycles. The number of aliphatic carboxylic acids is 1. The van der Waals surface area contributed by atoms with Crippen LogP contribution in [0.3, 0.4) is 0 Å². The maximum absolute atomic E-state index is 12.8. The molecule has 1 atom stereocenters. The van der Waals surface area contributed by atoms with Crippen molar-refractivity contribution in [1.29, 1.82) is 0 Å². The predicted octanol–water partition coefficient (Wildman–Crippen LogP) is 2.34. The molecule has 150 valence electrons. The van der Waals surface area contributed by atoms with Crippen LogP contribution in [0.4, 0.5) is 4.79 Å². The second-order valence-electron chi connectivity index (χ2n) is 7.00. The molecule has 1 fully saturated rings. The van der Waals surface area contributed by atoms with Crippen LogP contribution in [0.15, 0.2) is 30.3 Å². The monoisotopic (exact) mass is 377 g/mol. The number of hydrogen-bond acceptors (Lipinski definition) is 4. The van der Waals surface area contributed by atoms with E-state index in [0.717, 1.165) is 18.4 Å². The molecule has 2 amide bonds. The van der Waals surface area contributed by atoms with Crippen LogP contribution in [0.2, 0.25) is 0 Å². The van der Waals surface area contributed by atoms with Crippen LogP contribution in [0.5, 0.6) is 0 Å². The standard InChI is InChI=1S/C20H31N3O4/c1-4-22(14-19(24)25)18-12-17(13-18)21-20(26)23(10-11-27-3)15(2)16-8-6-5-7-9-16/h5-9,15,17-18H,4,10-14H2,1-3H3,(H,21,26)(H,24,25). The molecule has 7 nitrogen and oxygen atoms in total. The van der Waals surface area contributed by atoms with Crippen molar-refractivity contribution >= 4 is 12.0 Å². The van der Waals surface area contributed by atoms with Crippen LogP contribution in [0.25, 0.3) is 0 Å². The summed E-state index contributed by atoms with van der Waals surface area (Å²) in [5.41, 5.74) is 1.08. The maximum atomic E-state index is 12.8. The van der Waals surface area contributed by atoms with Gasteiger partial charge in [0.2, 0.25) is 0 Å². The predicted molar refractivity (Wildman–Crippen MR) is 104 cm³/mol. The quantitative estimate of drug-likeness (QED) is 0.654. The summed E-state index contributed by atoms with van der Waals surface area (Å²) in [5, 5.41) is 12.1. The smallest absolute Gasteiger partial charge is 0.318 e. The highest BCUT2D eigenvalue weighted by atomic mass is 16.5. The third-order valence-electron chi connectivity index (χ3n) is 5.25. The van der Waals surface area contributed by atoms with Gasteiger partial charge in [-0.3, -0.25) is 9.69 Å². The largest absolute Gasteiger partial charge is 0.480 e. The molecule has 7 heteroatoms. The number of carboxylic acid groups (broad SMARTS) is 1. The zero-order valence-electron chi connectivity index (χ0n) is 16.4. The maximum Gasteiger partial charge on any atom is 0.318 e. The second-order valence-corrected chi connectivity index (χ2v) is 7.00. The molecule has 27 heavy (non-hydrogen) atoms. The van der Waals surface area contributed by atoms with Gasteiger partial charge in [0, 0.05) is 25.7 Å². The van der Waals surface area contributed by atoms with Crippen LogP contribution < -0.4 is 5.32 Å². The second kappa shape index (κ2) is 10.3. The third kappa shape index (κ3) is 5.94. The zero-order chi connectivity index (χ0) is 19.8. The van der Waals surface area contributed by atoms with E-state index in [1.807, 2.05) is 49.1 Å². The Labute approximate surface area is 161 Å². The molecule has 0 radical (unpaired) electrons. The Kier molecular flexibility index (Phi) is 8.06. The Morgan fingerprint density at radius 2 is 1.96 bits per heavy atom. The summed E-state index contributed by atoms with van der Waals surface area (Å²) < 4.78 is 5.17. The summed E-state index contributed by atoms with van der Waals surface area (Å²) in [5.74, 6) is -0.813. The molecule has 1 aliphatic carbocycles. The number of amides is 2. The fourth-order valence-electron chi connectivity index (χ4n) is 3.51. The summed E-state index contributed by atoms with van der Waals surface area (Å²) >= 11 is 0. The molecule has 1 unspecified atom stereocenters. The summed E-state index contributed by atoms with van der Waals surface area (Å²) in [7, 11) is 1.63. The van der Waals surface area contributed by atoms with Crippen LogP contribution in [0, 0.1) is 0 Å². The van der Waals surface area contributed by atoms with Gasteiger partial charge in [-0.05, 0) is 31.9 Å². The average molecular weight is 377 g/mol. The molecule has 0 heterocycles. The van der Waals surface area contributed by atoms with Crippen LogP contribution in [-0.4, -0.2) is 72.3 Å². The van der Waals surface area contributed by atoms with Gasteiger partial charge in [0.25, 0.3) is 0 Å². The van der Waals surface area contributed by atoms with Crippen molar-refractivity contribution in [3.63, 3.8) is 0 Å². The van der Waals surface area contributed by atoms with Gasteiger partial charge in [0.15, 0.2) is 0 Å². The van der Waals surface area contributed by atoms with Gasteiger partial charge >= 0.3 is 12.0 Å². The van der Waals surface area contributed by atoms with Crippen molar-refractivity contribution < 1.29 is 19.4 Å². The summed E-state index contributed by atoms with van der Waals surface area (Å²) in [4.78, 5) is 27.5. The van der Waals surface area contributed by atoms with E-state index in [1.165, 1.54) is 0 Å². The van der Waals surface area contributed by atoms with E-state index in [-0.39, 0.29) is 30.7 Å². The Bertz CT molecular complexity index is 605. The van der Waals surface area contributed by atoms with Crippen LogP contribution in [0.1, 0.15) is 38.3 Å². The molecule has 0 bridgehead atoms. The molecular weight excluding hydrogens is 346 g/mol. The van der Waals surface area contributed by atoms with E-state index in [1.54, 1.807) is 12.0 Å². The fraction of sp³-hybridized carbons (Fsp3) is 0.600. The number of methoxy groups -OCH3 is 1. The van der Waals surface area contributed by atoms with E-state index in [2.05, 4.69) is 5.32 Å². The first kappa shape index (κ1) is 21.2. The lowest BCUT2D eigenvalue weighted by molar-refractivity contribution is -0.139. The first-order chi connectivity index (χ1) is 13.0. The van der Waals surface area contributed by atoms with Gasteiger partial charge in [-0.2, -0.15) is 0 Å². The van der Waals surface area contributed by atoms with Crippen molar-refractivity contribution in [2.75, 3.05) is 33.4 Å². The molecule has 1 aromatic rings. The normalized spacial score (nSPS) is 20.0. The number of carboxylic acids is 1. The van der Waals surface area contributed by atoms with E-state index >= 15 is 0 Å². The van der Waals surface area contributed by atoms with Gasteiger partial charge in [0.05, 0.1) is 19.2 Å². The van der Waals surface area contributed by atoms with Crippen molar-refractivity contribution in [2.45, 2.75) is 44.8 Å². The van der Waals surface area contributed by atoms with Crippen LogP contribution >= 0.6 is 0 Å². The number of ether oxygens (including phenoxy) is 1. The molecule has 2 rings (SSSR count). The summed E-state index contributed by atoms with van der Waals surface area (Å²) in [6.45, 7) is 5.70. The minimum atomic E-state index is -0.813. The lowest BCUT2D eigenvalue weighted by Crippen LogP contribution is -2.57. The number of nitrogens with zero attached hydrogens (tertiary/aromatic N) is 2. The average Bonchev–Trinajstić information content (AvgIpc) is 2.63. The number of carbonyl (C=O) groups excluding carboxylic acids is 1. The summed E-state index contributed by atoms with van der Waals surface area (Å²) in [6, 6.07) is 10.1. The zero-order valence-corrected chi connectivity index (χ0v) is 16.4. The lowest BCUT2D eigenvalue weighted by Gasteiger charge is -2.43. The van der Waals surface area contributed by atoms with Crippen molar-refractivity contribution in [3.05, 3.63) is 35.9 Å². The number of urea groups is 1. The van der Waals surface area contributed by atoms with Gasteiger partial charge < -0.3 is 20.1 Å². The highest BCUT2D eigenvalue weighted by Gasteiger charge is 2.35. The van der Waals surface area contributed by atoms with Gasteiger partial charge in [-0.15, -0.1) is 0 Å². The molecule has 0 aromatic heterocycles. The van der Waals surface area contributed by atoms with Gasteiger partial charge in [0.1, 0.15) is 0 Å². The number of likely N-dealkylation sites (N-methyl/N-ethyl adjacent to an activating group) is 1. The molecule has 1 saturated carbocycles. The highest BCUT2D eigenvalue weighted by molar-refractivity contribution is 5.75. The minimum absolute atomic E-state index is 0.0485. The highest BCUT2D eigenvalue weighted by Crippen LogP contribution is 2.27. The number of rotatable bonds is 10. The Balaban J connectivity index is 1.92. The lowest BCUT2D eigenvalue weighted by atomic mass is 9.85. The molecule has 2 N–H and O–H groups in total. The van der Waals surface area contributed by atoms with E-state index in [9.17, 15) is 9.59 Å². The molecular formula is C20H31N3O4. The topological polar surface area (TPSA) is 82.1 Å². The fourth-order valence-corrected chi connectivity index (χ4v) is 3.51. The Hall–Kier alpha value is -2.12. The molecule has 0 aliphatic heterocycles. The number of carbonyl (C=O) groups is 2. The van der Waals surface area contributed by atoms with Crippen molar-refractivity contribution in [3.8, 4) is 0 Å². The molecule has 1 aliphatic rings. The van der Waals surface area contributed by atoms with Crippen molar-refractivity contribution in [1.82, 2.24) is 15.1 Å². The van der Waals surface area contributed by atoms with E-state index in [0.29, 0.717) is 19.7 Å². The van der Waals surface area contributed by atoms with E-state index < -0.39 is 5.97 Å². The Morgan fingerprint density at radius 1 is 1.30 bits per heavy atom. The summed E-state index contributed by atoms with van der Waals surface area (Å²) in [6.07, 6.45) is 1.56. The number of benzene rings is 1. The van der Waals surface area contributed by atoms with Crippen molar-refractivity contribution in [2.24, 2.45) is 0 Å². The first-order valence-corrected chi connectivity index (χ1v) is 9.53. The van der Waals surface area contributed by atoms with E-state index in [4.69, 9.17) is 9.84 Å². The molecule has 0 spiro atoms. The third-order valence-corrected chi connectivity index (χ3v) is 5.25. The minimum Gasteiger partial charge on any atom is -0.480 e. The number of hydrogen-bond donors (Lipinski definition) is 2.